The summed E-state index contributed by atoms with van der Waals surface area (Å²) in [6.07, 6.45) is 6.00. The first-order valence-electron chi connectivity index (χ1n) is 5.83. The highest BCUT2D eigenvalue weighted by molar-refractivity contribution is 9.09. The van der Waals surface area contributed by atoms with E-state index in [0.29, 0.717) is 6.10 Å². The topological polar surface area (TPSA) is 25.4 Å². The Hall–Kier alpha value is -0.320. The summed E-state index contributed by atoms with van der Waals surface area (Å²) >= 11 is 9.51. The summed E-state index contributed by atoms with van der Waals surface area (Å²) in [6.45, 7) is 2.79. The SMILES string of the molecule is Clc1cnccc1N1CCC(OCCBr)CC1. The first-order valence-corrected chi connectivity index (χ1v) is 7.33. The number of anilines is 1. The summed E-state index contributed by atoms with van der Waals surface area (Å²) in [4.78, 5) is 6.31. The van der Waals surface area contributed by atoms with E-state index in [0.717, 1.165) is 48.6 Å². The van der Waals surface area contributed by atoms with Gasteiger partial charge in [0.1, 0.15) is 0 Å². The van der Waals surface area contributed by atoms with Crippen molar-refractivity contribution < 1.29 is 4.74 Å². The van der Waals surface area contributed by atoms with Gasteiger partial charge in [-0.2, -0.15) is 0 Å². The van der Waals surface area contributed by atoms with Gasteiger partial charge in [-0.15, -0.1) is 0 Å². The molecule has 0 radical (unpaired) electrons. The average Bonchev–Trinajstić information content (AvgIpc) is 2.38. The lowest BCUT2D eigenvalue weighted by Crippen LogP contribution is -2.37. The largest absolute Gasteiger partial charge is 0.377 e. The summed E-state index contributed by atoms with van der Waals surface area (Å²) in [6, 6.07) is 1.97. The van der Waals surface area contributed by atoms with Gasteiger partial charge in [0.25, 0.3) is 0 Å². The van der Waals surface area contributed by atoms with Crippen molar-refractivity contribution >= 4 is 33.2 Å². The van der Waals surface area contributed by atoms with E-state index >= 15 is 0 Å². The monoisotopic (exact) mass is 318 g/mol. The Morgan fingerprint density at radius 2 is 2.24 bits per heavy atom. The number of pyridine rings is 1. The molecule has 1 aliphatic rings. The fourth-order valence-electron chi connectivity index (χ4n) is 2.10. The maximum absolute atomic E-state index is 6.14. The van der Waals surface area contributed by atoms with Crippen molar-refractivity contribution in [1.29, 1.82) is 0 Å². The molecule has 1 fully saturated rings. The highest BCUT2D eigenvalue weighted by Crippen LogP contribution is 2.27. The molecular formula is C12H16BrClN2O. The molecule has 0 aliphatic carbocycles. The molecule has 2 rings (SSSR count). The van der Waals surface area contributed by atoms with Crippen molar-refractivity contribution in [3.05, 3.63) is 23.5 Å². The van der Waals surface area contributed by atoms with E-state index in [1.165, 1.54) is 0 Å². The minimum absolute atomic E-state index is 0.393. The summed E-state index contributed by atoms with van der Waals surface area (Å²) in [5.74, 6) is 0. The van der Waals surface area contributed by atoms with E-state index in [9.17, 15) is 0 Å². The van der Waals surface area contributed by atoms with Gasteiger partial charge in [-0.1, -0.05) is 27.5 Å². The predicted molar refractivity (Wildman–Crippen MR) is 74.2 cm³/mol. The van der Waals surface area contributed by atoms with Gasteiger partial charge in [0, 0.05) is 30.8 Å². The van der Waals surface area contributed by atoms with Crippen molar-refractivity contribution in [2.24, 2.45) is 0 Å². The molecule has 1 saturated heterocycles. The average molecular weight is 320 g/mol. The third-order valence-electron chi connectivity index (χ3n) is 2.96. The molecule has 0 atom stereocenters. The standard InChI is InChI=1S/C12H16BrClN2O/c13-4-8-17-10-2-6-16(7-3-10)12-1-5-15-9-11(12)14/h1,5,9-10H,2-4,6-8H2. The minimum Gasteiger partial charge on any atom is -0.377 e. The normalized spacial score (nSPS) is 17.4. The van der Waals surface area contributed by atoms with E-state index in [1.54, 1.807) is 12.4 Å². The van der Waals surface area contributed by atoms with E-state index in [2.05, 4.69) is 25.8 Å². The number of aromatic nitrogens is 1. The quantitative estimate of drug-likeness (QED) is 0.797. The van der Waals surface area contributed by atoms with Crippen LogP contribution in [0.25, 0.3) is 0 Å². The van der Waals surface area contributed by atoms with E-state index < -0.39 is 0 Å². The fourth-order valence-corrected chi connectivity index (χ4v) is 2.52. The minimum atomic E-state index is 0.393. The molecule has 1 aliphatic heterocycles. The number of rotatable bonds is 4. The molecule has 1 aromatic heterocycles. The number of hydrogen-bond donors (Lipinski definition) is 0. The zero-order chi connectivity index (χ0) is 12.1. The highest BCUT2D eigenvalue weighted by atomic mass is 79.9. The Morgan fingerprint density at radius 1 is 1.47 bits per heavy atom. The van der Waals surface area contributed by atoms with Crippen molar-refractivity contribution in [3.63, 3.8) is 0 Å². The number of ether oxygens (including phenoxy) is 1. The van der Waals surface area contributed by atoms with Gasteiger partial charge in [-0.25, -0.2) is 0 Å². The molecule has 17 heavy (non-hydrogen) atoms. The lowest BCUT2D eigenvalue weighted by molar-refractivity contribution is 0.0481. The molecular weight excluding hydrogens is 304 g/mol. The maximum atomic E-state index is 6.14. The zero-order valence-corrected chi connectivity index (χ0v) is 12.0. The van der Waals surface area contributed by atoms with Crippen LogP contribution in [0.5, 0.6) is 0 Å². The summed E-state index contributed by atoms with van der Waals surface area (Å²) in [5, 5.41) is 1.64. The molecule has 3 nitrogen and oxygen atoms in total. The van der Waals surface area contributed by atoms with Crippen LogP contribution in [-0.4, -0.2) is 36.1 Å². The number of halogens is 2. The molecule has 0 bridgehead atoms. The van der Waals surface area contributed by atoms with Gasteiger partial charge in [-0.3, -0.25) is 4.98 Å². The molecule has 0 aromatic carbocycles. The Kier molecular flexibility index (Phi) is 5.07. The number of alkyl halides is 1. The van der Waals surface area contributed by atoms with Gasteiger partial charge >= 0.3 is 0 Å². The third-order valence-corrected chi connectivity index (χ3v) is 3.58. The van der Waals surface area contributed by atoms with Gasteiger partial charge in [0.2, 0.25) is 0 Å². The lowest BCUT2D eigenvalue weighted by atomic mass is 10.1. The second-order valence-electron chi connectivity index (χ2n) is 4.07. The van der Waals surface area contributed by atoms with Crippen LogP contribution in [0.1, 0.15) is 12.8 Å². The van der Waals surface area contributed by atoms with Crippen molar-refractivity contribution in [3.8, 4) is 0 Å². The van der Waals surface area contributed by atoms with Gasteiger partial charge in [-0.05, 0) is 18.9 Å². The van der Waals surface area contributed by atoms with E-state index in [4.69, 9.17) is 16.3 Å². The first-order chi connectivity index (χ1) is 8.31. The molecule has 0 spiro atoms. The van der Waals surface area contributed by atoms with Crippen LogP contribution in [0.4, 0.5) is 5.69 Å². The van der Waals surface area contributed by atoms with Gasteiger partial charge in [0.05, 0.1) is 23.4 Å². The molecule has 2 heterocycles. The number of nitrogens with zero attached hydrogens (tertiary/aromatic N) is 2. The Morgan fingerprint density at radius 3 is 2.88 bits per heavy atom. The molecule has 0 N–H and O–H groups in total. The zero-order valence-electron chi connectivity index (χ0n) is 9.61. The second-order valence-corrected chi connectivity index (χ2v) is 5.27. The van der Waals surface area contributed by atoms with Crippen molar-refractivity contribution in [1.82, 2.24) is 4.98 Å². The smallest absolute Gasteiger partial charge is 0.0822 e. The van der Waals surface area contributed by atoms with E-state index in [-0.39, 0.29) is 0 Å². The molecule has 1 aromatic rings. The Balaban J connectivity index is 1.89. The summed E-state index contributed by atoms with van der Waals surface area (Å²) < 4.78 is 5.73. The third kappa shape index (κ3) is 3.57. The van der Waals surface area contributed by atoms with Gasteiger partial charge < -0.3 is 9.64 Å². The number of hydrogen-bond acceptors (Lipinski definition) is 3. The van der Waals surface area contributed by atoms with Crippen LogP contribution in [-0.2, 0) is 4.74 Å². The Labute approximate surface area is 115 Å². The summed E-state index contributed by atoms with van der Waals surface area (Å²) in [7, 11) is 0. The van der Waals surface area contributed by atoms with Crippen LogP contribution in [0.15, 0.2) is 18.5 Å². The lowest BCUT2D eigenvalue weighted by Gasteiger charge is -2.33. The maximum Gasteiger partial charge on any atom is 0.0822 e. The molecule has 0 unspecified atom stereocenters. The van der Waals surface area contributed by atoms with Crippen molar-refractivity contribution in [2.75, 3.05) is 29.9 Å². The predicted octanol–water partition coefficient (Wildman–Crippen LogP) is 3.12. The molecule has 5 heteroatoms. The second kappa shape index (κ2) is 6.57. The van der Waals surface area contributed by atoms with Crippen LogP contribution in [0.2, 0.25) is 5.02 Å². The molecule has 0 saturated carbocycles. The summed E-state index contributed by atoms with van der Waals surface area (Å²) in [5.41, 5.74) is 1.08. The molecule has 94 valence electrons. The van der Waals surface area contributed by atoms with Crippen molar-refractivity contribution in [2.45, 2.75) is 18.9 Å². The van der Waals surface area contributed by atoms with Crippen LogP contribution in [0.3, 0.4) is 0 Å². The van der Waals surface area contributed by atoms with Crippen LogP contribution in [0, 0.1) is 0 Å². The fraction of sp³-hybridized carbons (Fsp3) is 0.583. The highest BCUT2D eigenvalue weighted by Gasteiger charge is 2.20. The van der Waals surface area contributed by atoms with E-state index in [1.807, 2.05) is 6.07 Å². The van der Waals surface area contributed by atoms with Crippen LogP contribution < -0.4 is 4.90 Å². The Bertz CT molecular complexity index is 356. The first kappa shape index (κ1) is 13.1. The number of piperidine rings is 1. The van der Waals surface area contributed by atoms with Crippen LogP contribution >= 0.6 is 27.5 Å². The van der Waals surface area contributed by atoms with Gasteiger partial charge in [0.15, 0.2) is 0 Å². The molecule has 0 amide bonds.